The zero-order valence-corrected chi connectivity index (χ0v) is 10.6. The maximum Gasteiger partial charge on any atom is 0.146 e. The summed E-state index contributed by atoms with van der Waals surface area (Å²) in [5.41, 5.74) is 9.96. The second-order valence-corrected chi connectivity index (χ2v) is 4.82. The molecule has 0 bridgehead atoms. The van der Waals surface area contributed by atoms with E-state index in [9.17, 15) is 4.79 Å². The fourth-order valence-electron chi connectivity index (χ4n) is 2.69. The van der Waals surface area contributed by atoms with Gasteiger partial charge in [0, 0.05) is 17.9 Å². The van der Waals surface area contributed by atoms with Crippen LogP contribution < -0.4 is 10.6 Å². The van der Waals surface area contributed by atoms with Crippen molar-refractivity contribution in [1.82, 2.24) is 0 Å². The van der Waals surface area contributed by atoms with Crippen molar-refractivity contribution in [2.45, 2.75) is 12.5 Å². The standard InChI is InChI=1S/C16H16N2O/c17-14-7-6-13-8-9-18(15(13)10-14)16(11-19)12-4-2-1-3-5-12/h1-7,10-11,16H,8-9,17H2. The van der Waals surface area contributed by atoms with E-state index in [1.165, 1.54) is 5.56 Å². The molecule has 2 aromatic carbocycles. The van der Waals surface area contributed by atoms with Crippen LogP contribution in [-0.4, -0.2) is 12.8 Å². The minimum absolute atomic E-state index is 0.232. The number of benzene rings is 2. The zero-order chi connectivity index (χ0) is 13.2. The summed E-state index contributed by atoms with van der Waals surface area (Å²) in [5.74, 6) is 0. The van der Waals surface area contributed by atoms with Gasteiger partial charge < -0.3 is 15.4 Å². The number of hydrogen-bond donors (Lipinski definition) is 1. The van der Waals surface area contributed by atoms with Crippen LogP contribution in [0.4, 0.5) is 11.4 Å². The molecule has 0 aliphatic carbocycles. The molecule has 3 rings (SSSR count). The maximum atomic E-state index is 11.5. The molecule has 2 aromatic rings. The van der Waals surface area contributed by atoms with Crippen molar-refractivity contribution >= 4 is 17.7 Å². The third-order valence-corrected chi connectivity index (χ3v) is 3.65. The van der Waals surface area contributed by atoms with Gasteiger partial charge in [0.2, 0.25) is 0 Å². The van der Waals surface area contributed by atoms with Crippen molar-refractivity contribution in [2.24, 2.45) is 0 Å². The van der Waals surface area contributed by atoms with E-state index in [0.717, 1.165) is 36.2 Å². The van der Waals surface area contributed by atoms with Crippen LogP contribution >= 0.6 is 0 Å². The smallest absolute Gasteiger partial charge is 0.146 e. The number of fused-ring (bicyclic) bond motifs is 1. The van der Waals surface area contributed by atoms with Gasteiger partial charge in [-0.15, -0.1) is 0 Å². The molecule has 2 N–H and O–H groups in total. The molecule has 0 fully saturated rings. The highest BCUT2D eigenvalue weighted by Crippen LogP contribution is 2.35. The van der Waals surface area contributed by atoms with Gasteiger partial charge in [-0.05, 0) is 29.7 Å². The Morgan fingerprint density at radius 3 is 2.68 bits per heavy atom. The largest absolute Gasteiger partial charge is 0.399 e. The van der Waals surface area contributed by atoms with Gasteiger partial charge in [-0.2, -0.15) is 0 Å². The summed E-state index contributed by atoms with van der Waals surface area (Å²) in [7, 11) is 0. The second kappa shape index (κ2) is 4.76. The third kappa shape index (κ3) is 2.08. The van der Waals surface area contributed by atoms with E-state index in [4.69, 9.17) is 5.73 Å². The molecule has 3 nitrogen and oxygen atoms in total. The Morgan fingerprint density at radius 2 is 1.95 bits per heavy atom. The van der Waals surface area contributed by atoms with Gasteiger partial charge >= 0.3 is 0 Å². The molecule has 0 aromatic heterocycles. The topological polar surface area (TPSA) is 46.3 Å². The van der Waals surface area contributed by atoms with Crippen molar-refractivity contribution in [3.05, 3.63) is 59.7 Å². The van der Waals surface area contributed by atoms with Crippen molar-refractivity contribution in [3.63, 3.8) is 0 Å². The summed E-state index contributed by atoms with van der Waals surface area (Å²) in [6.07, 6.45) is 1.97. The van der Waals surface area contributed by atoms with Crippen LogP contribution in [0.1, 0.15) is 17.2 Å². The van der Waals surface area contributed by atoms with Crippen molar-refractivity contribution in [2.75, 3.05) is 17.2 Å². The number of aldehydes is 1. The van der Waals surface area contributed by atoms with E-state index in [1.54, 1.807) is 0 Å². The number of nitrogen functional groups attached to an aromatic ring is 1. The molecule has 1 unspecified atom stereocenters. The molecular weight excluding hydrogens is 236 g/mol. The average Bonchev–Trinajstić information content (AvgIpc) is 2.84. The van der Waals surface area contributed by atoms with E-state index < -0.39 is 0 Å². The fraction of sp³-hybridized carbons (Fsp3) is 0.188. The molecule has 0 spiro atoms. The van der Waals surface area contributed by atoms with Gasteiger partial charge in [0.25, 0.3) is 0 Å². The molecule has 0 saturated carbocycles. The minimum Gasteiger partial charge on any atom is -0.399 e. The van der Waals surface area contributed by atoms with Crippen LogP contribution in [0.3, 0.4) is 0 Å². The normalized spacial score (nSPS) is 15.1. The molecule has 1 aliphatic heterocycles. The number of carbonyl (C=O) groups excluding carboxylic acids is 1. The first-order valence-corrected chi connectivity index (χ1v) is 6.45. The first-order chi connectivity index (χ1) is 9.29. The van der Waals surface area contributed by atoms with Crippen LogP contribution in [0, 0.1) is 0 Å². The molecular formula is C16H16N2O. The Balaban J connectivity index is 2.00. The second-order valence-electron chi connectivity index (χ2n) is 4.82. The molecule has 0 saturated heterocycles. The van der Waals surface area contributed by atoms with E-state index >= 15 is 0 Å². The predicted molar refractivity (Wildman–Crippen MR) is 77.2 cm³/mol. The lowest BCUT2D eigenvalue weighted by Crippen LogP contribution is -2.27. The van der Waals surface area contributed by atoms with E-state index in [0.29, 0.717) is 0 Å². The number of carbonyl (C=O) groups is 1. The number of hydrogen-bond acceptors (Lipinski definition) is 3. The fourth-order valence-corrected chi connectivity index (χ4v) is 2.69. The number of nitrogens with two attached hydrogens (primary N) is 1. The number of nitrogens with zero attached hydrogens (tertiary/aromatic N) is 1. The van der Waals surface area contributed by atoms with Gasteiger partial charge in [-0.25, -0.2) is 0 Å². The van der Waals surface area contributed by atoms with Crippen LogP contribution in [0.15, 0.2) is 48.5 Å². The first kappa shape index (κ1) is 11.8. The number of rotatable bonds is 3. The molecule has 1 heterocycles. The van der Waals surface area contributed by atoms with Crippen molar-refractivity contribution < 1.29 is 4.79 Å². The van der Waals surface area contributed by atoms with E-state index in [1.807, 2.05) is 42.5 Å². The molecule has 3 heteroatoms. The molecule has 0 radical (unpaired) electrons. The van der Waals surface area contributed by atoms with Crippen molar-refractivity contribution in [1.29, 1.82) is 0 Å². The monoisotopic (exact) mass is 252 g/mol. The summed E-state index contributed by atoms with van der Waals surface area (Å²) in [4.78, 5) is 13.6. The van der Waals surface area contributed by atoms with Gasteiger partial charge in [-0.3, -0.25) is 0 Å². The Morgan fingerprint density at radius 1 is 1.16 bits per heavy atom. The lowest BCUT2D eigenvalue weighted by molar-refractivity contribution is -0.109. The van der Waals surface area contributed by atoms with Crippen molar-refractivity contribution in [3.8, 4) is 0 Å². The SMILES string of the molecule is Nc1ccc2c(c1)N(C(C=O)c1ccccc1)CC2. The van der Waals surface area contributed by atoms with E-state index in [-0.39, 0.29) is 6.04 Å². The summed E-state index contributed by atoms with van der Waals surface area (Å²) in [6, 6.07) is 15.6. The molecule has 1 atom stereocenters. The summed E-state index contributed by atoms with van der Waals surface area (Å²) >= 11 is 0. The summed E-state index contributed by atoms with van der Waals surface area (Å²) in [5, 5.41) is 0. The highest BCUT2D eigenvalue weighted by atomic mass is 16.1. The Labute approximate surface area is 112 Å². The first-order valence-electron chi connectivity index (χ1n) is 6.45. The van der Waals surface area contributed by atoms with Gasteiger partial charge in [0.05, 0.1) is 0 Å². The quantitative estimate of drug-likeness (QED) is 0.674. The summed E-state index contributed by atoms with van der Waals surface area (Å²) < 4.78 is 0. The van der Waals surface area contributed by atoms with Gasteiger partial charge in [0.15, 0.2) is 0 Å². The van der Waals surface area contributed by atoms with E-state index in [2.05, 4.69) is 11.0 Å². The third-order valence-electron chi connectivity index (χ3n) is 3.65. The zero-order valence-electron chi connectivity index (χ0n) is 10.6. The highest BCUT2D eigenvalue weighted by molar-refractivity contribution is 5.74. The number of anilines is 2. The minimum atomic E-state index is -0.232. The molecule has 96 valence electrons. The van der Waals surface area contributed by atoms with Crippen LogP contribution in [0.25, 0.3) is 0 Å². The van der Waals surface area contributed by atoms with Gasteiger partial charge in [-0.1, -0.05) is 36.4 Å². The predicted octanol–water partition coefficient (Wildman–Crippen LogP) is 2.57. The Kier molecular flexibility index (Phi) is 2.95. The molecule has 1 aliphatic rings. The van der Waals surface area contributed by atoms with Crippen LogP contribution in [0.5, 0.6) is 0 Å². The maximum absolute atomic E-state index is 11.5. The Bertz CT molecular complexity index is 595. The van der Waals surface area contributed by atoms with Gasteiger partial charge in [0.1, 0.15) is 12.3 Å². The summed E-state index contributed by atoms with van der Waals surface area (Å²) in [6.45, 7) is 0.858. The molecule has 19 heavy (non-hydrogen) atoms. The highest BCUT2D eigenvalue weighted by Gasteiger charge is 2.26. The lowest BCUT2D eigenvalue weighted by atomic mass is 10.1. The Hall–Kier alpha value is -2.29. The van der Waals surface area contributed by atoms with Crippen LogP contribution in [0.2, 0.25) is 0 Å². The molecule has 0 amide bonds. The lowest BCUT2D eigenvalue weighted by Gasteiger charge is -2.26. The average molecular weight is 252 g/mol. The van der Waals surface area contributed by atoms with Crippen LogP contribution in [-0.2, 0) is 11.2 Å².